The van der Waals surface area contributed by atoms with Crippen LogP contribution in [0, 0.1) is 0 Å². The largest absolute Gasteiger partial charge is 0.493 e. The van der Waals surface area contributed by atoms with E-state index in [9.17, 15) is 13.2 Å². The van der Waals surface area contributed by atoms with E-state index >= 15 is 0 Å². The van der Waals surface area contributed by atoms with E-state index in [0.717, 1.165) is 37.1 Å². The summed E-state index contributed by atoms with van der Waals surface area (Å²) in [6.07, 6.45) is 6.06. The quantitative estimate of drug-likeness (QED) is 0.417. The van der Waals surface area contributed by atoms with E-state index in [1.807, 2.05) is 29.2 Å². The Morgan fingerprint density at radius 2 is 1.80 bits per heavy atom. The number of anilines is 3. The zero-order valence-corrected chi connectivity index (χ0v) is 20.8. The number of methoxy groups -OCH3 is 1. The first-order chi connectivity index (χ1) is 16.9. The van der Waals surface area contributed by atoms with Crippen LogP contribution in [0.25, 0.3) is 0 Å². The highest BCUT2D eigenvalue weighted by Crippen LogP contribution is 2.38. The number of hydrogen-bond donors (Lipinski definition) is 2. The van der Waals surface area contributed by atoms with E-state index < -0.39 is 10.0 Å². The lowest BCUT2D eigenvalue weighted by molar-refractivity contribution is 0.201. The second kappa shape index (κ2) is 10.9. The van der Waals surface area contributed by atoms with Gasteiger partial charge in [-0.3, -0.25) is 9.52 Å². The van der Waals surface area contributed by atoms with E-state index in [2.05, 4.69) is 9.71 Å². The number of ether oxygens (including phenoxy) is 2. The van der Waals surface area contributed by atoms with Gasteiger partial charge < -0.3 is 19.4 Å². The number of nitrogens with zero attached hydrogens (tertiary/aromatic N) is 1. The normalized spacial score (nSPS) is 14.0. The Hall–Kier alpha value is -3.46. The average Bonchev–Trinajstić information content (AvgIpc) is 3.36. The SMILES string of the molecule is CCS(=O)(=O)Nc1cccc(N(Cc2ccc[nH]c2=O)c2ccc(OC)c(OC3CCCC3)c2)c1. The average molecular weight is 498 g/mol. The molecule has 1 aromatic heterocycles. The molecule has 2 aromatic carbocycles. The standard InChI is InChI=1S/C26H31N3O5S/c1-3-35(31,32)28-20-9-6-10-21(16-20)29(18-19-8-7-15-27-26(19)30)22-13-14-24(33-2)25(17-22)34-23-11-4-5-12-23/h6-10,13-17,23,28H,3-5,11-12,18H2,1-2H3,(H,27,30). The van der Waals surface area contributed by atoms with E-state index in [4.69, 9.17) is 9.47 Å². The van der Waals surface area contributed by atoms with Crippen LogP contribution in [0.3, 0.4) is 0 Å². The lowest BCUT2D eigenvalue weighted by atomic mass is 10.1. The maximum Gasteiger partial charge on any atom is 0.252 e. The van der Waals surface area contributed by atoms with Crippen LogP contribution >= 0.6 is 0 Å². The topological polar surface area (TPSA) is 101 Å². The highest BCUT2D eigenvalue weighted by molar-refractivity contribution is 7.92. The van der Waals surface area contributed by atoms with Crippen LogP contribution in [0.5, 0.6) is 11.5 Å². The molecule has 9 heteroatoms. The van der Waals surface area contributed by atoms with Crippen molar-refractivity contribution in [3.63, 3.8) is 0 Å². The van der Waals surface area contributed by atoms with E-state index in [1.54, 1.807) is 50.6 Å². The lowest BCUT2D eigenvalue weighted by Crippen LogP contribution is -2.23. The Morgan fingerprint density at radius 1 is 1.03 bits per heavy atom. The fourth-order valence-electron chi connectivity index (χ4n) is 4.18. The van der Waals surface area contributed by atoms with Gasteiger partial charge in [-0.1, -0.05) is 12.1 Å². The van der Waals surface area contributed by atoms with Crippen molar-refractivity contribution in [3.05, 3.63) is 76.7 Å². The predicted molar refractivity (Wildman–Crippen MR) is 138 cm³/mol. The molecule has 0 unspecified atom stereocenters. The van der Waals surface area contributed by atoms with Gasteiger partial charge in [0.25, 0.3) is 5.56 Å². The Labute approximate surface area is 206 Å². The first-order valence-corrected chi connectivity index (χ1v) is 13.4. The number of aromatic nitrogens is 1. The van der Waals surface area contributed by atoms with Crippen LogP contribution < -0.4 is 24.7 Å². The molecule has 0 amide bonds. The van der Waals surface area contributed by atoms with E-state index in [0.29, 0.717) is 22.7 Å². The molecule has 8 nitrogen and oxygen atoms in total. The number of nitrogens with one attached hydrogen (secondary N) is 2. The number of sulfonamides is 1. The number of hydrogen-bond acceptors (Lipinski definition) is 6. The number of rotatable bonds is 10. The van der Waals surface area contributed by atoms with Crippen molar-refractivity contribution < 1.29 is 17.9 Å². The third-order valence-electron chi connectivity index (χ3n) is 6.09. The van der Waals surface area contributed by atoms with Crippen molar-refractivity contribution in [1.82, 2.24) is 4.98 Å². The molecule has 0 spiro atoms. The molecule has 0 bridgehead atoms. The van der Waals surface area contributed by atoms with Crippen LogP contribution in [-0.4, -0.2) is 32.4 Å². The minimum absolute atomic E-state index is 0.0271. The summed E-state index contributed by atoms with van der Waals surface area (Å²) < 4.78 is 38.7. The molecule has 1 aliphatic carbocycles. The van der Waals surface area contributed by atoms with Gasteiger partial charge in [-0.15, -0.1) is 0 Å². The Kier molecular flexibility index (Phi) is 7.65. The zero-order valence-electron chi connectivity index (χ0n) is 20.0. The summed E-state index contributed by atoms with van der Waals surface area (Å²) in [5.74, 6) is 1.26. The van der Waals surface area contributed by atoms with E-state index in [1.165, 1.54) is 0 Å². The number of H-pyrrole nitrogens is 1. The summed E-state index contributed by atoms with van der Waals surface area (Å²) in [5, 5.41) is 0. The van der Waals surface area contributed by atoms with Crippen LogP contribution in [0.4, 0.5) is 17.1 Å². The number of aromatic amines is 1. The second-order valence-corrected chi connectivity index (χ2v) is 10.5. The van der Waals surface area contributed by atoms with E-state index in [-0.39, 0.29) is 24.0 Å². The molecule has 0 saturated heterocycles. The van der Waals surface area contributed by atoms with Gasteiger partial charge >= 0.3 is 0 Å². The van der Waals surface area contributed by atoms with Crippen molar-refractivity contribution in [1.29, 1.82) is 0 Å². The number of pyridine rings is 1. The Morgan fingerprint density at radius 3 is 2.51 bits per heavy atom. The van der Waals surface area contributed by atoms with Crippen molar-refractivity contribution in [2.24, 2.45) is 0 Å². The molecule has 0 atom stereocenters. The summed E-state index contributed by atoms with van der Waals surface area (Å²) in [4.78, 5) is 17.2. The van der Waals surface area contributed by atoms with Gasteiger partial charge in [-0.25, -0.2) is 8.42 Å². The predicted octanol–water partition coefficient (Wildman–Crippen LogP) is 4.80. The molecule has 4 rings (SSSR count). The minimum atomic E-state index is -3.43. The highest BCUT2D eigenvalue weighted by Gasteiger charge is 2.21. The fourth-order valence-corrected chi connectivity index (χ4v) is 4.81. The molecule has 0 radical (unpaired) electrons. The first-order valence-electron chi connectivity index (χ1n) is 11.8. The van der Waals surface area contributed by atoms with Crippen molar-refractivity contribution in [2.45, 2.75) is 45.3 Å². The molecular weight excluding hydrogens is 466 g/mol. The summed E-state index contributed by atoms with van der Waals surface area (Å²) >= 11 is 0. The third-order valence-corrected chi connectivity index (χ3v) is 7.40. The molecule has 35 heavy (non-hydrogen) atoms. The minimum Gasteiger partial charge on any atom is -0.493 e. The van der Waals surface area contributed by atoms with Crippen molar-refractivity contribution in [3.8, 4) is 11.5 Å². The van der Waals surface area contributed by atoms with Gasteiger partial charge in [0.2, 0.25) is 10.0 Å². The molecule has 3 aromatic rings. The monoisotopic (exact) mass is 497 g/mol. The molecular formula is C26H31N3O5S. The molecule has 1 fully saturated rings. The smallest absolute Gasteiger partial charge is 0.252 e. The molecule has 186 valence electrons. The maximum absolute atomic E-state index is 12.5. The Bertz CT molecular complexity index is 1320. The van der Waals surface area contributed by atoms with Crippen LogP contribution in [0.1, 0.15) is 38.2 Å². The molecule has 1 heterocycles. The van der Waals surface area contributed by atoms with Gasteiger partial charge in [-0.2, -0.15) is 0 Å². The molecule has 1 saturated carbocycles. The van der Waals surface area contributed by atoms with Gasteiger partial charge in [0.1, 0.15) is 0 Å². The summed E-state index contributed by atoms with van der Waals surface area (Å²) in [7, 11) is -1.82. The maximum atomic E-state index is 12.5. The number of benzene rings is 2. The van der Waals surface area contributed by atoms with Gasteiger partial charge in [0.15, 0.2) is 11.5 Å². The Balaban J connectivity index is 1.75. The van der Waals surface area contributed by atoms with Gasteiger partial charge in [-0.05, 0) is 69.0 Å². The second-order valence-electron chi connectivity index (χ2n) is 8.53. The van der Waals surface area contributed by atoms with Crippen molar-refractivity contribution in [2.75, 3.05) is 22.5 Å². The third kappa shape index (κ3) is 6.16. The fraction of sp³-hybridized carbons (Fsp3) is 0.346. The molecule has 0 aliphatic heterocycles. The van der Waals surface area contributed by atoms with Crippen LogP contribution in [0.2, 0.25) is 0 Å². The van der Waals surface area contributed by atoms with Gasteiger partial charge in [0, 0.05) is 29.2 Å². The molecule has 1 aliphatic rings. The first kappa shape index (κ1) is 24.7. The summed E-state index contributed by atoms with van der Waals surface area (Å²) in [6.45, 7) is 1.86. The summed E-state index contributed by atoms with van der Waals surface area (Å²) in [6, 6.07) is 16.3. The highest BCUT2D eigenvalue weighted by atomic mass is 32.2. The lowest BCUT2D eigenvalue weighted by Gasteiger charge is -2.27. The zero-order chi connectivity index (χ0) is 24.8. The van der Waals surface area contributed by atoms with Crippen LogP contribution in [0.15, 0.2) is 65.6 Å². The summed E-state index contributed by atoms with van der Waals surface area (Å²) in [5.41, 5.74) is 2.35. The molecule has 2 N–H and O–H groups in total. The van der Waals surface area contributed by atoms with Gasteiger partial charge in [0.05, 0.1) is 31.2 Å². The van der Waals surface area contributed by atoms with Crippen LogP contribution in [-0.2, 0) is 16.6 Å². The van der Waals surface area contributed by atoms with Crippen molar-refractivity contribution >= 4 is 27.1 Å².